The SMILES string of the molecule is Cc1nn(-c2ccccn2)c(C)c1CCNC(=O)c1ccsc1. The van der Waals surface area contributed by atoms with Crippen LogP contribution in [0.2, 0.25) is 0 Å². The lowest BCUT2D eigenvalue weighted by Gasteiger charge is -2.06. The van der Waals surface area contributed by atoms with Gasteiger partial charge in [-0.15, -0.1) is 0 Å². The van der Waals surface area contributed by atoms with Gasteiger partial charge in [0.05, 0.1) is 5.69 Å². The quantitative estimate of drug-likeness (QED) is 0.784. The minimum absolute atomic E-state index is 0.0290. The molecule has 6 heteroatoms. The number of nitrogens with zero attached hydrogens (tertiary/aromatic N) is 3. The molecule has 3 aromatic rings. The molecular weight excluding hydrogens is 308 g/mol. The first-order valence-electron chi connectivity index (χ1n) is 7.43. The van der Waals surface area contributed by atoms with Crippen molar-refractivity contribution in [3.05, 3.63) is 63.7 Å². The number of amides is 1. The van der Waals surface area contributed by atoms with Gasteiger partial charge in [-0.05, 0) is 49.4 Å². The van der Waals surface area contributed by atoms with E-state index in [1.165, 1.54) is 11.3 Å². The maximum absolute atomic E-state index is 12.0. The molecule has 0 atom stereocenters. The zero-order chi connectivity index (χ0) is 16.2. The summed E-state index contributed by atoms with van der Waals surface area (Å²) < 4.78 is 1.85. The highest BCUT2D eigenvalue weighted by Crippen LogP contribution is 2.17. The lowest BCUT2D eigenvalue weighted by molar-refractivity contribution is 0.0954. The first kappa shape index (κ1) is 15.4. The zero-order valence-corrected chi connectivity index (χ0v) is 13.9. The number of thiophene rings is 1. The van der Waals surface area contributed by atoms with Gasteiger partial charge in [0.15, 0.2) is 5.82 Å². The summed E-state index contributed by atoms with van der Waals surface area (Å²) >= 11 is 1.52. The van der Waals surface area contributed by atoms with E-state index in [-0.39, 0.29) is 5.91 Å². The van der Waals surface area contributed by atoms with Crippen molar-refractivity contribution in [3.8, 4) is 5.82 Å². The lowest BCUT2D eigenvalue weighted by Crippen LogP contribution is -2.25. The molecule has 0 spiro atoms. The van der Waals surface area contributed by atoms with E-state index in [1.54, 1.807) is 6.20 Å². The highest BCUT2D eigenvalue weighted by atomic mass is 32.1. The summed E-state index contributed by atoms with van der Waals surface area (Å²) in [5.41, 5.74) is 3.90. The van der Waals surface area contributed by atoms with Gasteiger partial charge in [0.25, 0.3) is 5.91 Å². The average molecular weight is 326 g/mol. The number of aryl methyl sites for hydroxylation is 1. The Morgan fingerprint density at radius 3 is 2.87 bits per heavy atom. The highest BCUT2D eigenvalue weighted by Gasteiger charge is 2.13. The summed E-state index contributed by atoms with van der Waals surface area (Å²) in [5.74, 6) is 0.778. The second kappa shape index (κ2) is 6.75. The molecule has 0 fully saturated rings. The molecule has 0 aliphatic carbocycles. The van der Waals surface area contributed by atoms with Gasteiger partial charge in [0, 0.05) is 29.4 Å². The van der Waals surface area contributed by atoms with E-state index in [0.29, 0.717) is 12.1 Å². The summed E-state index contributed by atoms with van der Waals surface area (Å²) in [6.07, 6.45) is 2.51. The molecule has 0 saturated heterocycles. The average Bonchev–Trinajstić information content (AvgIpc) is 3.19. The number of aromatic nitrogens is 3. The van der Waals surface area contributed by atoms with Crippen LogP contribution in [0, 0.1) is 13.8 Å². The van der Waals surface area contributed by atoms with Gasteiger partial charge in [0.1, 0.15) is 0 Å². The summed E-state index contributed by atoms with van der Waals surface area (Å²) in [6.45, 7) is 4.61. The zero-order valence-electron chi connectivity index (χ0n) is 13.1. The van der Waals surface area contributed by atoms with Crippen LogP contribution in [0.4, 0.5) is 0 Å². The predicted octanol–water partition coefficient (Wildman–Crippen LogP) is 2.92. The van der Waals surface area contributed by atoms with Crippen LogP contribution >= 0.6 is 11.3 Å². The largest absolute Gasteiger partial charge is 0.352 e. The van der Waals surface area contributed by atoms with Crippen LogP contribution < -0.4 is 5.32 Å². The first-order chi connectivity index (χ1) is 11.2. The van der Waals surface area contributed by atoms with Crippen molar-refractivity contribution in [1.82, 2.24) is 20.1 Å². The topological polar surface area (TPSA) is 59.8 Å². The Bertz CT molecular complexity index is 794. The third kappa shape index (κ3) is 3.32. The van der Waals surface area contributed by atoms with E-state index < -0.39 is 0 Å². The van der Waals surface area contributed by atoms with Crippen molar-refractivity contribution in [2.45, 2.75) is 20.3 Å². The molecule has 0 aliphatic heterocycles. The summed E-state index contributed by atoms with van der Waals surface area (Å²) in [7, 11) is 0. The van der Waals surface area contributed by atoms with Gasteiger partial charge in [-0.3, -0.25) is 4.79 Å². The van der Waals surface area contributed by atoms with Crippen LogP contribution in [-0.2, 0) is 6.42 Å². The first-order valence-corrected chi connectivity index (χ1v) is 8.38. The van der Waals surface area contributed by atoms with E-state index in [9.17, 15) is 4.79 Å². The highest BCUT2D eigenvalue weighted by molar-refractivity contribution is 7.08. The molecule has 0 aromatic carbocycles. The lowest BCUT2D eigenvalue weighted by atomic mass is 10.1. The molecule has 0 radical (unpaired) electrons. The third-order valence-corrected chi connectivity index (χ3v) is 4.43. The molecule has 0 unspecified atom stereocenters. The van der Waals surface area contributed by atoms with Crippen molar-refractivity contribution < 1.29 is 4.79 Å². The Labute approximate surface area is 139 Å². The fraction of sp³-hybridized carbons (Fsp3) is 0.235. The normalized spacial score (nSPS) is 10.7. The molecule has 118 valence electrons. The molecule has 1 amide bonds. The monoisotopic (exact) mass is 326 g/mol. The standard InChI is InChI=1S/C17H18N4OS/c1-12-15(6-9-19-17(22)14-7-10-23-11-14)13(2)21(20-12)16-5-3-4-8-18-16/h3-5,7-8,10-11H,6,9H2,1-2H3,(H,19,22). The maximum atomic E-state index is 12.0. The number of carbonyl (C=O) groups is 1. The van der Waals surface area contributed by atoms with Crippen molar-refractivity contribution in [2.75, 3.05) is 6.54 Å². The molecule has 0 saturated carbocycles. The Hall–Kier alpha value is -2.47. The van der Waals surface area contributed by atoms with E-state index in [2.05, 4.69) is 15.4 Å². The summed E-state index contributed by atoms with van der Waals surface area (Å²) in [6, 6.07) is 7.59. The summed E-state index contributed by atoms with van der Waals surface area (Å²) in [4.78, 5) is 16.3. The van der Waals surface area contributed by atoms with Gasteiger partial charge in [-0.1, -0.05) is 6.07 Å². The molecule has 0 aliphatic rings. The van der Waals surface area contributed by atoms with E-state index >= 15 is 0 Å². The number of pyridine rings is 1. The number of hydrogen-bond acceptors (Lipinski definition) is 4. The Morgan fingerprint density at radius 1 is 1.30 bits per heavy atom. The van der Waals surface area contributed by atoms with Crippen molar-refractivity contribution in [2.24, 2.45) is 0 Å². The van der Waals surface area contributed by atoms with Crippen LogP contribution in [0.3, 0.4) is 0 Å². The minimum atomic E-state index is -0.0290. The van der Waals surface area contributed by atoms with Crippen molar-refractivity contribution in [3.63, 3.8) is 0 Å². The number of rotatable bonds is 5. The molecule has 1 N–H and O–H groups in total. The van der Waals surface area contributed by atoms with Crippen LogP contribution in [-0.4, -0.2) is 27.2 Å². The van der Waals surface area contributed by atoms with Gasteiger partial charge in [-0.2, -0.15) is 16.4 Å². The van der Waals surface area contributed by atoms with Crippen LogP contribution in [0.5, 0.6) is 0 Å². The molecule has 3 rings (SSSR count). The van der Waals surface area contributed by atoms with Crippen molar-refractivity contribution in [1.29, 1.82) is 0 Å². The Balaban J connectivity index is 1.69. The Morgan fingerprint density at radius 2 is 2.17 bits per heavy atom. The van der Waals surface area contributed by atoms with Gasteiger partial charge in [-0.25, -0.2) is 9.67 Å². The molecule has 5 nitrogen and oxygen atoms in total. The molecule has 0 bridgehead atoms. The maximum Gasteiger partial charge on any atom is 0.252 e. The fourth-order valence-electron chi connectivity index (χ4n) is 2.54. The second-order valence-electron chi connectivity index (χ2n) is 5.27. The minimum Gasteiger partial charge on any atom is -0.352 e. The Kier molecular flexibility index (Phi) is 4.52. The molecule has 23 heavy (non-hydrogen) atoms. The van der Waals surface area contributed by atoms with E-state index in [0.717, 1.165) is 29.2 Å². The van der Waals surface area contributed by atoms with E-state index in [4.69, 9.17) is 0 Å². The molecular formula is C17H18N4OS. The van der Waals surface area contributed by atoms with Gasteiger partial charge >= 0.3 is 0 Å². The van der Waals surface area contributed by atoms with Crippen LogP contribution in [0.1, 0.15) is 27.3 Å². The predicted molar refractivity (Wildman–Crippen MR) is 91.2 cm³/mol. The smallest absolute Gasteiger partial charge is 0.252 e. The third-order valence-electron chi connectivity index (χ3n) is 3.75. The summed E-state index contributed by atoms with van der Waals surface area (Å²) in [5, 5.41) is 11.3. The van der Waals surface area contributed by atoms with Crippen molar-refractivity contribution >= 4 is 17.2 Å². The molecule has 3 heterocycles. The van der Waals surface area contributed by atoms with E-state index in [1.807, 2.05) is 53.6 Å². The number of carbonyl (C=O) groups excluding carboxylic acids is 1. The second-order valence-corrected chi connectivity index (χ2v) is 6.05. The number of nitrogens with one attached hydrogen (secondary N) is 1. The van der Waals surface area contributed by atoms with Crippen LogP contribution in [0.15, 0.2) is 41.2 Å². The van der Waals surface area contributed by atoms with Crippen LogP contribution in [0.25, 0.3) is 5.82 Å². The van der Waals surface area contributed by atoms with Gasteiger partial charge in [0.2, 0.25) is 0 Å². The molecule has 3 aromatic heterocycles. The number of hydrogen-bond donors (Lipinski definition) is 1. The van der Waals surface area contributed by atoms with Gasteiger partial charge < -0.3 is 5.32 Å². The fourth-order valence-corrected chi connectivity index (χ4v) is 3.17.